The second-order valence-electron chi connectivity index (χ2n) is 9.84. The fourth-order valence-corrected chi connectivity index (χ4v) is 5.74. The average molecular weight is 516 g/mol. The van der Waals surface area contributed by atoms with Gasteiger partial charge < -0.3 is 24.5 Å². The van der Waals surface area contributed by atoms with E-state index in [0.29, 0.717) is 34.1 Å². The maximum Gasteiger partial charge on any atom is 0.191 e. The number of halogens is 2. The summed E-state index contributed by atoms with van der Waals surface area (Å²) in [4.78, 5) is 14.1. The summed E-state index contributed by atoms with van der Waals surface area (Å²) >= 11 is 1.56. The van der Waals surface area contributed by atoms with Crippen LogP contribution in [0.2, 0.25) is 0 Å². The SMILES string of the molecule is CCCSc1nc(N[C@@H]2C=C2c2ccc(F)c(F)c2)c2ncn([C@@H]3C[C@H](O)[C@H]4OC(C)(C)O[C@H]43)c2n1. The fourth-order valence-electron chi connectivity index (χ4n) is 5.05. The Kier molecular flexibility index (Phi) is 5.78. The van der Waals surface area contributed by atoms with Gasteiger partial charge in [-0.1, -0.05) is 30.8 Å². The molecule has 190 valence electrons. The van der Waals surface area contributed by atoms with E-state index >= 15 is 0 Å². The highest BCUT2D eigenvalue weighted by atomic mass is 32.2. The Hall–Kier alpha value is -2.60. The lowest BCUT2D eigenvalue weighted by Gasteiger charge is -2.23. The summed E-state index contributed by atoms with van der Waals surface area (Å²) in [6, 6.07) is 3.52. The van der Waals surface area contributed by atoms with Crippen LogP contribution in [-0.4, -0.2) is 60.5 Å². The van der Waals surface area contributed by atoms with Gasteiger partial charge in [-0.2, -0.15) is 0 Å². The lowest BCUT2D eigenvalue weighted by molar-refractivity contribution is -0.165. The van der Waals surface area contributed by atoms with Crippen LogP contribution in [0.25, 0.3) is 16.7 Å². The van der Waals surface area contributed by atoms with Crippen LogP contribution in [-0.2, 0) is 9.47 Å². The first-order valence-electron chi connectivity index (χ1n) is 12.1. The summed E-state index contributed by atoms with van der Waals surface area (Å²) in [7, 11) is 0. The number of nitrogens with one attached hydrogen (secondary N) is 1. The van der Waals surface area contributed by atoms with E-state index in [9.17, 15) is 13.9 Å². The third-order valence-electron chi connectivity index (χ3n) is 6.72. The first-order chi connectivity index (χ1) is 17.2. The number of hydrogen-bond donors (Lipinski definition) is 2. The lowest BCUT2D eigenvalue weighted by Crippen LogP contribution is -2.28. The van der Waals surface area contributed by atoms with Gasteiger partial charge >= 0.3 is 0 Å². The first-order valence-corrected chi connectivity index (χ1v) is 13.1. The van der Waals surface area contributed by atoms with E-state index in [-0.39, 0.29) is 18.2 Å². The van der Waals surface area contributed by atoms with Gasteiger partial charge in [-0.25, -0.2) is 23.7 Å². The van der Waals surface area contributed by atoms with Crippen LogP contribution in [0.5, 0.6) is 0 Å². The zero-order chi connectivity index (χ0) is 25.2. The molecule has 36 heavy (non-hydrogen) atoms. The molecular weight excluding hydrogens is 488 g/mol. The number of thioether (sulfide) groups is 1. The highest BCUT2D eigenvalue weighted by Crippen LogP contribution is 2.45. The maximum absolute atomic E-state index is 13.7. The number of nitrogens with zero attached hydrogens (tertiary/aromatic N) is 4. The minimum absolute atomic E-state index is 0.174. The Morgan fingerprint density at radius 3 is 2.78 bits per heavy atom. The van der Waals surface area contributed by atoms with Crippen LogP contribution in [0.3, 0.4) is 0 Å². The predicted octanol–water partition coefficient (Wildman–Crippen LogP) is 4.31. The number of imidazole rings is 1. The molecule has 2 aromatic heterocycles. The molecule has 0 spiro atoms. The van der Waals surface area contributed by atoms with E-state index < -0.39 is 29.6 Å². The van der Waals surface area contributed by atoms with Crippen LogP contribution in [0.4, 0.5) is 14.6 Å². The van der Waals surface area contributed by atoms with Gasteiger partial charge in [-0.15, -0.1) is 0 Å². The topological polar surface area (TPSA) is 94.3 Å². The summed E-state index contributed by atoms with van der Waals surface area (Å²) in [6.45, 7) is 5.78. The summed E-state index contributed by atoms with van der Waals surface area (Å²) < 4.78 is 41.1. The second kappa shape index (κ2) is 8.76. The zero-order valence-corrected chi connectivity index (χ0v) is 20.9. The maximum atomic E-state index is 13.7. The van der Waals surface area contributed by atoms with Crippen molar-refractivity contribution in [3.8, 4) is 0 Å². The van der Waals surface area contributed by atoms with Crippen LogP contribution in [0, 0.1) is 11.6 Å². The molecule has 0 amide bonds. The Bertz CT molecular complexity index is 1360. The fraction of sp³-hybridized carbons (Fsp3) is 0.480. The molecule has 0 unspecified atom stereocenters. The average Bonchev–Trinajstić information content (AvgIpc) is 3.19. The third-order valence-corrected chi connectivity index (χ3v) is 7.77. The summed E-state index contributed by atoms with van der Waals surface area (Å²) in [5, 5.41) is 14.6. The van der Waals surface area contributed by atoms with Crippen LogP contribution in [0.15, 0.2) is 35.8 Å². The van der Waals surface area contributed by atoms with Gasteiger partial charge in [-0.05, 0) is 50.0 Å². The molecule has 0 bridgehead atoms. The van der Waals surface area contributed by atoms with Gasteiger partial charge in [0.15, 0.2) is 39.6 Å². The van der Waals surface area contributed by atoms with Crippen molar-refractivity contribution < 1.29 is 23.4 Å². The molecule has 3 aliphatic rings. The van der Waals surface area contributed by atoms with Gasteiger partial charge in [0, 0.05) is 5.75 Å². The largest absolute Gasteiger partial charge is 0.390 e. The normalized spacial score (nSPS) is 28.4. The highest BCUT2D eigenvalue weighted by Gasteiger charge is 2.54. The molecule has 6 rings (SSSR count). The van der Waals surface area contributed by atoms with Crippen LogP contribution in [0.1, 0.15) is 45.2 Å². The van der Waals surface area contributed by atoms with Crippen molar-refractivity contribution >= 4 is 34.3 Å². The number of rotatable bonds is 7. The van der Waals surface area contributed by atoms with Crippen molar-refractivity contribution in [1.82, 2.24) is 19.5 Å². The van der Waals surface area contributed by atoms with E-state index in [0.717, 1.165) is 23.8 Å². The quantitative estimate of drug-likeness (QED) is 0.355. The highest BCUT2D eigenvalue weighted by molar-refractivity contribution is 7.99. The number of anilines is 1. The number of aliphatic hydroxyl groups excluding tert-OH is 1. The molecule has 1 aromatic carbocycles. The van der Waals surface area contributed by atoms with Gasteiger partial charge in [-0.3, -0.25) is 0 Å². The smallest absolute Gasteiger partial charge is 0.191 e. The molecule has 1 saturated carbocycles. The summed E-state index contributed by atoms with van der Waals surface area (Å²) in [6.07, 6.45) is 3.69. The molecule has 8 nitrogen and oxygen atoms in total. The molecule has 11 heteroatoms. The van der Waals surface area contributed by atoms with E-state index in [4.69, 9.17) is 19.4 Å². The molecular formula is C25H27F2N5O3S. The number of hydrogen-bond acceptors (Lipinski definition) is 8. The van der Waals surface area contributed by atoms with Crippen LogP contribution < -0.4 is 5.32 Å². The van der Waals surface area contributed by atoms with Gasteiger partial charge in [0.05, 0.1) is 24.5 Å². The molecule has 5 atom stereocenters. The van der Waals surface area contributed by atoms with Crippen LogP contribution >= 0.6 is 11.8 Å². The molecule has 1 aliphatic heterocycles. The minimum Gasteiger partial charge on any atom is -0.390 e. The molecule has 1 saturated heterocycles. The number of fused-ring (bicyclic) bond motifs is 2. The number of aromatic nitrogens is 4. The zero-order valence-electron chi connectivity index (χ0n) is 20.1. The number of benzene rings is 1. The van der Waals surface area contributed by atoms with Gasteiger partial charge in [0.25, 0.3) is 0 Å². The van der Waals surface area contributed by atoms with E-state index in [1.807, 2.05) is 24.5 Å². The minimum atomic E-state index is -0.876. The molecule has 0 radical (unpaired) electrons. The first kappa shape index (κ1) is 23.8. The molecule has 3 heterocycles. The number of aliphatic hydroxyl groups is 1. The van der Waals surface area contributed by atoms with Gasteiger partial charge in [0.1, 0.15) is 12.2 Å². The Morgan fingerprint density at radius 2 is 2.00 bits per heavy atom. The lowest BCUT2D eigenvalue weighted by atomic mass is 10.1. The Balaban J connectivity index is 1.32. The standard InChI is InChI=1S/C25H27F2N5O3S/c1-4-7-36-24-30-22(29-16-9-13(16)12-5-6-14(26)15(27)8-12)19-23(31-24)32(11-28-19)17-10-18(33)21-20(17)34-25(2,3)35-21/h5-6,8-9,11,16-18,20-21,33H,4,7,10H2,1-3H3,(H,29,30,31)/t16-,17-,18+,20+,21-/m1/s1. The Labute approximate surface area is 211 Å². The number of ether oxygens (including phenoxy) is 2. The monoisotopic (exact) mass is 515 g/mol. The summed E-state index contributed by atoms with van der Waals surface area (Å²) in [5.41, 5.74) is 2.72. The molecule has 2 fully saturated rings. The molecule has 2 aliphatic carbocycles. The second-order valence-corrected chi connectivity index (χ2v) is 10.9. The molecule has 3 aromatic rings. The van der Waals surface area contributed by atoms with Crippen molar-refractivity contribution in [1.29, 1.82) is 0 Å². The predicted molar refractivity (Wildman–Crippen MR) is 132 cm³/mol. The van der Waals surface area contributed by atoms with E-state index in [1.54, 1.807) is 24.2 Å². The third kappa shape index (κ3) is 4.17. The van der Waals surface area contributed by atoms with Crippen molar-refractivity contribution in [2.75, 3.05) is 11.1 Å². The van der Waals surface area contributed by atoms with Crippen molar-refractivity contribution in [2.45, 2.75) is 75.0 Å². The Morgan fingerprint density at radius 1 is 1.19 bits per heavy atom. The van der Waals surface area contributed by atoms with Crippen molar-refractivity contribution in [2.24, 2.45) is 0 Å². The van der Waals surface area contributed by atoms with E-state index in [1.165, 1.54) is 6.07 Å². The van der Waals surface area contributed by atoms with Crippen molar-refractivity contribution in [3.63, 3.8) is 0 Å². The van der Waals surface area contributed by atoms with Crippen molar-refractivity contribution in [3.05, 3.63) is 47.8 Å². The molecule has 2 N–H and O–H groups in total. The summed E-state index contributed by atoms with van der Waals surface area (Å²) in [5.74, 6) is -1.10. The van der Waals surface area contributed by atoms with Gasteiger partial charge in [0.2, 0.25) is 0 Å². The van der Waals surface area contributed by atoms with E-state index in [2.05, 4.69) is 17.2 Å².